The van der Waals surface area contributed by atoms with E-state index in [-0.39, 0.29) is 17.8 Å². The lowest BCUT2D eigenvalue weighted by atomic mass is 9.55. The van der Waals surface area contributed by atoms with Gasteiger partial charge in [-0.15, -0.1) is 0 Å². The first-order valence-electron chi connectivity index (χ1n) is 13.9. The van der Waals surface area contributed by atoms with Gasteiger partial charge in [0.15, 0.2) is 17.1 Å². The highest BCUT2D eigenvalue weighted by Crippen LogP contribution is 2.56. The van der Waals surface area contributed by atoms with Gasteiger partial charge in [0.25, 0.3) is 5.91 Å². The quantitative estimate of drug-likeness (QED) is 0.157. The molecule has 0 aromatic heterocycles. The lowest BCUT2D eigenvalue weighted by molar-refractivity contribution is -0.162. The van der Waals surface area contributed by atoms with Crippen molar-refractivity contribution in [1.82, 2.24) is 10.2 Å². The van der Waals surface area contributed by atoms with E-state index in [4.69, 9.17) is 5.73 Å². The third kappa shape index (κ3) is 4.22. The number of carbonyl (C=O) groups excluding carboxylic acids is 4. The predicted molar refractivity (Wildman–Crippen MR) is 149 cm³/mol. The zero-order valence-corrected chi connectivity index (χ0v) is 23.5. The molecule has 5 rings (SSSR count). The topological polar surface area (TPSA) is 223 Å². The number of likely N-dealkylation sites (N-methyl/N-ethyl adjacent to an activating group) is 1. The van der Waals surface area contributed by atoms with Crippen LogP contribution in [0, 0.1) is 17.8 Å². The number of fused-ring (bicyclic) bond motifs is 3. The fourth-order valence-electron chi connectivity index (χ4n) is 7.00. The third-order valence-corrected chi connectivity index (χ3v) is 9.35. The number of benzene rings is 1. The van der Waals surface area contributed by atoms with Gasteiger partial charge in [0, 0.05) is 11.5 Å². The van der Waals surface area contributed by atoms with E-state index < -0.39 is 87.3 Å². The summed E-state index contributed by atoms with van der Waals surface area (Å²) in [5, 5.41) is 62.5. The minimum Gasteiger partial charge on any atom is -0.510 e. The monoisotopic (exact) mass is 584 g/mol. The number of rotatable bonds is 7. The maximum atomic E-state index is 13.9. The molecule has 1 aromatic rings. The van der Waals surface area contributed by atoms with Gasteiger partial charge in [-0.3, -0.25) is 24.1 Å². The molecular weight excluding hydrogens is 548 g/mol. The molecule has 6 atom stereocenters. The van der Waals surface area contributed by atoms with Crippen LogP contribution in [-0.4, -0.2) is 98.7 Å². The maximum absolute atomic E-state index is 13.9. The Kier molecular flexibility index (Phi) is 7.42. The number of anilines is 1. The second-order valence-corrected chi connectivity index (χ2v) is 12.0. The first kappa shape index (κ1) is 29.7. The molecule has 42 heavy (non-hydrogen) atoms. The van der Waals surface area contributed by atoms with Gasteiger partial charge in [-0.05, 0) is 56.9 Å². The number of ketones is 2. The Morgan fingerprint density at radius 1 is 1.14 bits per heavy atom. The molecule has 0 heterocycles. The summed E-state index contributed by atoms with van der Waals surface area (Å²) in [4.78, 5) is 53.4. The zero-order valence-electron chi connectivity index (χ0n) is 23.5. The van der Waals surface area contributed by atoms with E-state index in [9.17, 15) is 44.7 Å². The minimum atomic E-state index is -2.99. The summed E-state index contributed by atoms with van der Waals surface area (Å²) < 4.78 is 0. The third-order valence-electron chi connectivity index (χ3n) is 9.35. The fraction of sp³-hybridized carbons (Fsp3) is 0.517. The molecule has 13 heteroatoms. The van der Waals surface area contributed by atoms with E-state index >= 15 is 0 Å². The number of phenols is 1. The van der Waals surface area contributed by atoms with Crippen molar-refractivity contribution in [1.29, 1.82) is 0 Å². The molecule has 1 saturated carbocycles. The molecule has 1 fully saturated rings. The zero-order chi connectivity index (χ0) is 30.8. The molecule has 0 saturated heterocycles. The SMILES string of the molecule is CC1c2ccc(NC(=O)CNCC3CCC3)c(O)c2C(=O)C2=C(O)C3(O)C(=O)C(C(N)=O)=C(O)[C@@H](N(C)C)C3C(O)C21. The summed E-state index contributed by atoms with van der Waals surface area (Å²) in [6.07, 6.45) is 1.71. The van der Waals surface area contributed by atoms with Gasteiger partial charge in [0.05, 0.1) is 35.9 Å². The number of hydrogen-bond acceptors (Lipinski definition) is 11. The Morgan fingerprint density at radius 3 is 2.38 bits per heavy atom. The summed E-state index contributed by atoms with van der Waals surface area (Å²) in [5.41, 5.74) is 0.867. The first-order valence-corrected chi connectivity index (χ1v) is 13.9. The number of nitrogens with two attached hydrogens (primary N) is 1. The van der Waals surface area contributed by atoms with E-state index in [1.165, 1.54) is 37.5 Å². The number of phenolic OH excluding ortho intramolecular Hbond substituents is 1. The van der Waals surface area contributed by atoms with Crippen LogP contribution in [0.5, 0.6) is 5.75 Å². The van der Waals surface area contributed by atoms with Crippen molar-refractivity contribution in [3.63, 3.8) is 0 Å². The van der Waals surface area contributed by atoms with Crippen molar-refractivity contribution < 1.29 is 44.7 Å². The van der Waals surface area contributed by atoms with Gasteiger partial charge < -0.3 is 41.9 Å². The molecule has 1 aromatic carbocycles. The lowest BCUT2D eigenvalue weighted by Gasteiger charge is -2.53. The molecule has 4 aliphatic carbocycles. The van der Waals surface area contributed by atoms with E-state index in [1.807, 2.05) is 0 Å². The van der Waals surface area contributed by atoms with Crippen LogP contribution in [0.15, 0.2) is 34.8 Å². The summed E-state index contributed by atoms with van der Waals surface area (Å²) in [5.74, 6) is -9.63. The molecule has 0 radical (unpaired) electrons. The van der Waals surface area contributed by atoms with Gasteiger partial charge in [-0.25, -0.2) is 0 Å². The Balaban J connectivity index is 1.56. The summed E-state index contributed by atoms with van der Waals surface area (Å²) in [6.45, 7) is 2.32. The number of carbonyl (C=O) groups is 4. The van der Waals surface area contributed by atoms with Crippen LogP contribution >= 0.6 is 0 Å². The highest BCUT2D eigenvalue weighted by atomic mass is 16.4. The fourth-order valence-corrected chi connectivity index (χ4v) is 7.00. The van der Waals surface area contributed by atoms with Crippen LogP contribution in [-0.2, 0) is 14.4 Å². The van der Waals surface area contributed by atoms with E-state index in [2.05, 4.69) is 10.6 Å². The Labute approximate surface area is 241 Å². The molecular formula is C29H36N4O9. The van der Waals surface area contributed by atoms with Crippen LogP contribution in [0.25, 0.3) is 0 Å². The van der Waals surface area contributed by atoms with Crippen molar-refractivity contribution in [3.05, 3.63) is 45.9 Å². The van der Waals surface area contributed by atoms with E-state index in [0.29, 0.717) is 18.0 Å². The van der Waals surface area contributed by atoms with Gasteiger partial charge in [0.1, 0.15) is 17.1 Å². The molecule has 9 N–H and O–H groups in total. The second kappa shape index (κ2) is 10.5. The molecule has 0 bridgehead atoms. The maximum Gasteiger partial charge on any atom is 0.255 e. The number of nitrogens with one attached hydrogen (secondary N) is 2. The smallest absolute Gasteiger partial charge is 0.255 e. The van der Waals surface area contributed by atoms with E-state index in [0.717, 1.165) is 12.8 Å². The standard InChI is InChI=1S/C29H36N4O9/c1-11-13-7-8-14(32-15(34)10-31-9-12-5-4-6-12)22(35)17(13)23(36)18-16(11)24(37)20-21(33(2)3)25(38)19(28(30)41)27(40)29(20,42)26(18)39/h7-8,11-12,16,20-21,24,31,35,37-39,42H,4-6,9-10H2,1-3H3,(H2,30,41)(H,32,34)/t11?,16?,20?,21-,24?,29?/m0/s1. The van der Waals surface area contributed by atoms with Crippen LogP contribution in [0.3, 0.4) is 0 Å². The minimum absolute atomic E-state index is 0.0102. The molecule has 4 aliphatic rings. The van der Waals surface area contributed by atoms with Crippen LogP contribution in [0.2, 0.25) is 0 Å². The molecule has 5 unspecified atom stereocenters. The van der Waals surface area contributed by atoms with Crippen molar-refractivity contribution in [2.45, 2.75) is 49.9 Å². The number of nitrogens with zero attached hydrogens (tertiary/aromatic N) is 1. The van der Waals surface area contributed by atoms with Crippen molar-refractivity contribution in [3.8, 4) is 5.75 Å². The highest BCUT2D eigenvalue weighted by Gasteiger charge is 2.67. The van der Waals surface area contributed by atoms with Gasteiger partial charge in [-0.1, -0.05) is 19.4 Å². The normalized spacial score (nSPS) is 31.0. The van der Waals surface area contributed by atoms with Crippen molar-refractivity contribution in [2.24, 2.45) is 23.5 Å². The average Bonchev–Trinajstić information content (AvgIpc) is 2.88. The second-order valence-electron chi connectivity index (χ2n) is 12.0. The van der Waals surface area contributed by atoms with Gasteiger partial charge >= 0.3 is 0 Å². The summed E-state index contributed by atoms with van der Waals surface area (Å²) in [6, 6.07) is 1.62. The number of amides is 2. The van der Waals surface area contributed by atoms with E-state index in [1.54, 1.807) is 6.92 Å². The largest absolute Gasteiger partial charge is 0.510 e. The number of aliphatic hydroxyl groups is 4. The summed E-state index contributed by atoms with van der Waals surface area (Å²) in [7, 11) is 2.94. The number of Topliss-reactive ketones (excluding diaryl/α,β-unsaturated/α-hetero) is 2. The molecule has 0 aliphatic heterocycles. The molecule has 0 spiro atoms. The number of hydrogen-bond donors (Lipinski definition) is 8. The summed E-state index contributed by atoms with van der Waals surface area (Å²) >= 11 is 0. The van der Waals surface area contributed by atoms with Crippen molar-refractivity contribution in [2.75, 3.05) is 32.5 Å². The average molecular weight is 585 g/mol. The molecule has 226 valence electrons. The number of aliphatic hydroxyl groups excluding tert-OH is 3. The van der Waals surface area contributed by atoms with Gasteiger partial charge in [0.2, 0.25) is 11.7 Å². The Hall–Kier alpha value is -3.78. The molecule has 13 nitrogen and oxygen atoms in total. The highest BCUT2D eigenvalue weighted by molar-refractivity contribution is 6.25. The van der Waals surface area contributed by atoms with Crippen molar-refractivity contribution >= 4 is 29.1 Å². The predicted octanol–water partition coefficient (Wildman–Crippen LogP) is -0.0194. The van der Waals surface area contributed by atoms with Crippen LogP contribution < -0.4 is 16.4 Å². The lowest BCUT2D eigenvalue weighted by Crippen LogP contribution is -2.68. The van der Waals surface area contributed by atoms with Crippen LogP contribution in [0.1, 0.15) is 48.0 Å². The number of primary amides is 1. The van der Waals surface area contributed by atoms with Gasteiger partial charge in [-0.2, -0.15) is 0 Å². The Bertz CT molecular complexity index is 1450. The van der Waals surface area contributed by atoms with Crippen LogP contribution in [0.4, 0.5) is 5.69 Å². The first-order chi connectivity index (χ1) is 19.7. The molecule has 2 amide bonds. The number of aromatic hydroxyl groups is 1. The Morgan fingerprint density at radius 2 is 1.81 bits per heavy atom.